The van der Waals surface area contributed by atoms with Gasteiger partial charge in [-0.05, 0) is 62.9 Å². The smallest absolute Gasteiger partial charge is 0.238 e. The van der Waals surface area contributed by atoms with Crippen molar-refractivity contribution in [2.45, 2.75) is 20.0 Å². The Bertz CT molecular complexity index is 903. The summed E-state index contributed by atoms with van der Waals surface area (Å²) in [6.45, 7) is 3.79. The number of methoxy groups -OCH3 is 1. The summed E-state index contributed by atoms with van der Waals surface area (Å²) in [5.41, 5.74) is 2.23. The summed E-state index contributed by atoms with van der Waals surface area (Å²) >= 11 is 3.40. The molecule has 2 rings (SSSR count). The van der Waals surface area contributed by atoms with Crippen LogP contribution in [-0.4, -0.2) is 61.7 Å². The van der Waals surface area contributed by atoms with Gasteiger partial charge in [-0.15, -0.1) is 0 Å². The molecular weight excluding hydrogens is 452 g/mol. The number of benzene rings is 2. The minimum absolute atomic E-state index is 0.0214. The van der Waals surface area contributed by atoms with Gasteiger partial charge in [0.15, 0.2) is 17.3 Å². The third-order valence-corrected chi connectivity index (χ3v) is 4.89. The van der Waals surface area contributed by atoms with Gasteiger partial charge in [-0.3, -0.25) is 14.5 Å². The maximum Gasteiger partial charge on any atom is 0.238 e. The molecule has 0 aliphatic rings. The number of nitrogens with zero attached hydrogens (tertiary/aromatic N) is 1. The van der Waals surface area contributed by atoms with E-state index in [2.05, 4.69) is 21.2 Å². The number of carbonyl (C=O) groups is 2. The Morgan fingerprint density at radius 1 is 1.20 bits per heavy atom. The van der Waals surface area contributed by atoms with Crippen molar-refractivity contribution in [1.29, 1.82) is 0 Å². The first-order valence-corrected chi connectivity index (χ1v) is 10.2. The van der Waals surface area contributed by atoms with Crippen molar-refractivity contribution in [1.82, 2.24) is 4.90 Å². The lowest BCUT2D eigenvalue weighted by Gasteiger charge is -2.21. The number of ether oxygens (including phenoxy) is 2. The average Bonchev–Trinajstić information content (AvgIpc) is 2.68. The number of aryl methyl sites for hydroxylation is 1. The molecule has 2 N–H and O–H groups in total. The second-order valence-electron chi connectivity index (χ2n) is 7.09. The van der Waals surface area contributed by atoms with E-state index >= 15 is 0 Å². The number of carbonyl (C=O) groups excluding carboxylic acids is 2. The Kier molecular flexibility index (Phi) is 8.83. The summed E-state index contributed by atoms with van der Waals surface area (Å²) in [7, 11) is 3.24. The number of rotatable bonds is 10. The molecule has 0 spiro atoms. The van der Waals surface area contributed by atoms with Gasteiger partial charge in [0.1, 0.15) is 12.7 Å². The summed E-state index contributed by atoms with van der Waals surface area (Å²) in [5.74, 6) is 0.621. The number of hydrogen-bond donors (Lipinski definition) is 2. The monoisotopic (exact) mass is 478 g/mol. The van der Waals surface area contributed by atoms with Crippen LogP contribution in [0.4, 0.5) is 5.69 Å². The highest BCUT2D eigenvalue weighted by molar-refractivity contribution is 9.10. The second kappa shape index (κ2) is 11.1. The van der Waals surface area contributed by atoms with Crippen molar-refractivity contribution in [3.8, 4) is 11.5 Å². The van der Waals surface area contributed by atoms with Gasteiger partial charge >= 0.3 is 0 Å². The normalized spacial score (nSPS) is 11.8. The molecule has 8 heteroatoms. The summed E-state index contributed by atoms with van der Waals surface area (Å²) in [6.07, 6.45) is -0.811. The van der Waals surface area contributed by atoms with E-state index in [1.54, 1.807) is 30.1 Å². The summed E-state index contributed by atoms with van der Waals surface area (Å²) in [4.78, 5) is 25.5. The number of hydrogen-bond acceptors (Lipinski definition) is 6. The molecule has 0 saturated heterocycles. The first kappa shape index (κ1) is 23.9. The van der Waals surface area contributed by atoms with Crippen molar-refractivity contribution in [2.24, 2.45) is 0 Å². The fourth-order valence-corrected chi connectivity index (χ4v) is 3.35. The lowest BCUT2D eigenvalue weighted by molar-refractivity contribution is -0.117. The van der Waals surface area contributed by atoms with Crippen LogP contribution in [0.15, 0.2) is 40.9 Å². The first-order valence-electron chi connectivity index (χ1n) is 9.44. The zero-order valence-electron chi connectivity index (χ0n) is 17.6. The van der Waals surface area contributed by atoms with Crippen LogP contribution in [0.25, 0.3) is 0 Å². The molecule has 0 bridgehead atoms. The van der Waals surface area contributed by atoms with Gasteiger partial charge in [0.05, 0.1) is 13.7 Å². The van der Waals surface area contributed by atoms with Gasteiger partial charge < -0.3 is 19.9 Å². The third kappa shape index (κ3) is 7.12. The molecular formula is C22H27BrN2O5. The molecule has 7 nitrogen and oxygen atoms in total. The largest absolute Gasteiger partial charge is 0.493 e. The van der Waals surface area contributed by atoms with Crippen molar-refractivity contribution < 1.29 is 24.2 Å². The zero-order valence-corrected chi connectivity index (χ0v) is 19.2. The highest BCUT2D eigenvalue weighted by Crippen LogP contribution is 2.28. The van der Waals surface area contributed by atoms with Crippen LogP contribution in [-0.2, 0) is 4.79 Å². The number of aliphatic hydroxyl groups excluding tert-OH is 1. The number of Topliss-reactive ketones (excluding diaryl/α,β-unsaturated/α-hetero) is 1. The predicted octanol–water partition coefficient (Wildman–Crippen LogP) is 3.28. The van der Waals surface area contributed by atoms with Crippen molar-refractivity contribution in [3.05, 3.63) is 52.0 Å². The van der Waals surface area contributed by atoms with E-state index in [0.29, 0.717) is 17.1 Å². The van der Waals surface area contributed by atoms with Gasteiger partial charge in [0.25, 0.3) is 0 Å². The maximum atomic E-state index is 12.3. The van der Waals surface area contributed by atoms with Crippen LogP contribution >= 0.6 is 15.9 Å². The zero-order chi connectivity index (χ0) is 22.3. The summed E-state index contributed by atoms with van der Waals surface area (Å²) in [5, 5.41) is 13.1. The molecule has 2 aromatic carbocycles. The van der Waals surface area contributed by atoms with E-state index in [-0.39, 0.29) is 31.4 Å². The molecule has 1 amide bonds. The highest BCUT2D eigenvalue weighted by Gasteiger charge is 2.15. The molecule has 0 heterocycles. The van der Waals surface area contributed by atoms with E-state index in [0.717, 1.165) is 15.7 Å². The molecule has 30 heavy (non-hydrogen) atoms. The number of nitrogens with one attached hydrogen (secondary N) is 1. The van der Waals surface area contributed by atoms with Gasteiger partial charge in [-0.25, -0.2) is 0 Å². The van der Waals surface area contributed by atoms with Crippen LogP contribution in [0.2, 0.25) is 0 Å². The number of ketones is 1. The van der Waals surface area contributed by atoms with E-state index in [4.69, 9.17) is 9.47 Å². The first-order chi connectivity index (χ1) is 14.2. The number of aliphatic hydroxyl groups is 1. The molecule has 0 saturated carbocycles. The van der Waals surface area contributed by atoms with E-state index in [1.165, 1.54) is 14.0 Å². The molecule has 1 atom stereocenters. The van der Waals surface area contributed by atoms with Crippen LogP contribution in [0.5, 0.6) is 11.5 Å². The molecule has 0 aliphatic heterocycles. The van der Waals surface area contributed by atoms with Crippen LogP contribution in [0.1, 0.15) is 22.8 Å². The summed E-state index contributed by atoms with van der Waals surface area (Å²) < 4.78 is 11.8. The fourth-order valence-electron chi connectivity index (χ4n) is 2.87. The predicted molar refractivity (Wildman–Crippen MR) is 120 cm³/mol. The topological polar surface area (TPSA) is 88.1 Å². The molecule has 162 valence electrons. The van der Waals surface area contributed by atoms with Gasteiger partial charge in [0, 0.05) is 22.3 Å². The highest BCUT2D eigenvalue weighted by atomic mass is 79.9. The molecule has 0 aromatic heterocycles. The Morgan fingerprint density at radius 3 is 2.57 bits per heavy atom. The minimum atomic E-state index is -0.811. The van der Waals surface area contributed by atoms with Crippen molar-refractivity contribution >= 4 is 33.3 Å². The van der Waals surface area contributed by atoms with E-state index in [1.807, 2.05) is 25.1 Å². The van der Waals surface area contributed by atoms with E-state index in [9.17, 15) is 14.7 Å². The molecule has 0 aliphatic carbocycles. The standard InChI is InChI=1S/C22H27BrN2O5/c1-14-9-17(23)6-7-19(14)24-22(28)12-25(3)11-18(27)13-30-20-8-5-16(15(2)26)10-21(20)29-4/h5-10,18,27H,11-13H2,1-4H3,(H,24,28). The van der Waals surface area contributed by atoms with E-state index < -0.39 is 6.10 Å². The SMILES string of the molecule is COc1cc(C(C)=O)ccc1OCC(O)CN(C)CC(=O)Nc1ccc(Br)cc1C. The fraction of sp³-hybridized carbons (Fsp3) is 0.364. The Balaban J connectivity index is 1.83. The number of halogens is 1. The Morgan fingerprint density at radius 2 is 1.93 bits per heavy atom. The van der Waals surface area contributed by atoms with Gasteiger partial charge in [-0.1, -0.05) is 15.9 Å². The van der Waals surface area contributed by atoms with Gasteiger partial charge in [0.2, 0.25) is 5.91 Å². The molecule has 0 radical (unpaired) electrons. The lowest BCUT2D eigenvalue weighted by atomic mass is 10.1. The summed E-state index contributed by atoms with van der Waals surface area (Å²) in [6, 6.07) is 10.5. The van der Waals surface area contributed by atoms with Crippen LogP contribution < -0.4 is 14.8 Å². The Hall–Kier alpha value is -2.42. The lowest BCUT2D eigenvalue weighted by Crippen LogP contribution is -2.37. The molecule has 1 unspecified atom stereocenters. The quantitative estimate of drug-likeness (QED) is 0.509. The van der Waals surface area contributed by atoms with Crippen molar-refractivity contribution in [3.63, 3.8) is 0 Å². The minimum Gasteiger partial charge on any atom is -0.493 e. The van der Waals surface area contributed by atoms with Crippen molar-refractivity contribution in [2.75, 3.05) is 39.2 Å². The molecule has 0 fully saturated rings. The molecule has 2 aromatic rings. The van der Waals surface area contributed by atoms with Gasteiger partial charge in [-0.2, -0.15) is 0 Å². The van der Waals surface area contributed by atoms with Crippen LogP contribution in [0, 0.1) is 6.92 Å². The number of likely N-dealkylation sites (N-methyl/N-ethyl adjacent to an activating group) is 1. The Labute approximate surface area is 185 Å². The number of amides is 1. The number of anilines is 1. The third-order valence-electron chi connectivity index (χ3n) is 4.40. The second-order valence-corrected chi connectivity index (χ2v) is 8.01. The van der Waals surface area contributed by atoms with Crippen LogP contribution in [0.3, 0.4) is 0 Å². The maximum absolute atomic E-state index is 12.3. The average molecular weight is 479 g/mol.